The molecule has 0 aromatic rings. The second-order valence-electron chi connectivity index (χ2n) is 18.8. The van der Waals surface area contributed by atoms with E-state index in [1.165, 1.54) is 17.7 Å². The normalized spacial score (nSPS) is 39.4. The summed E-state index contributed by atoms with van der Waals surface area (Å²) in [7, 11) is 4.67. The SMILES string of the molecule is C.CC[C@@H]1/C=C(\C)C[C@H](C)C[C@H](OC)[C@H]2O[C@@](O)(C(=O)C(=O)N3CCCC[C@H]3C(=O)O[C@H](/C(C)=C/[C@@H]3CC[C@@H](O)[C@H](OC)C3)[C@H](C)[C@@H](O)CC1=N)[C@H](C)C[C@@H]2OC.OCC1CC1. The molecular formula is C48H82N2O12. The third-order valence-electron chi connectivity index (χ3n) is 13.9. The van der Waals surface area contributed by atoms with Gasteiger partial charge in [0.1, 0.15) is 18.2 Å². The molecule has 2 aliphatic carbocycles. The van der Waals surface area contributed by atoms with Crippen LogP contribution >= 0.6 is 0 Å². The molecule has 0 aromatic heterocycles. The average Bonchev–Trinajstić information content (AvgIpc) is 4.09. The molecule has 1 amide bonds. The summed E-state index contributed by atoms with van der Waals surface area (Å²) in [6, 6.07) is -1.11. The van der Waals surface area contributed by atoms with Gasteiger partial charge < -0.3 is 54.4 Å². The lowest BCUT2D eigenvalue weighted by atomic mass is 9.81. The summed E-state index contributed by atoms with van der Waals surface area (Å²) in [5.74, 6) is -6.23. The lowest BCUT2D eigenvalue weighted by molar-refractivity contribution is -0.302. The number of ether oxygens (including phenoxy) is 5. The van der Waals surface area contributed by atoms with Gasteiger partial charge in [0.2, 0.25) is 5.79 Å². The van der Waals surface area contributed by atoms with Gasteiger partial charge in [-0.2, -0.15) is 0 Å². The fourth-order valence-electron chi connectivity index (χ4n) is 9.74. The van der Waals surface area contributed by atoms with Crippen LogP contribution in [0.5, 0.6) is 0 Å². The van der Waals surface area contributed by atoms with Gasteiger partial charge in [-0.05, 0) is 114 Å². The van der Waals surface area contributed by atoms with Gasteiger partial charge in [-0.1, -0.05) is 52.8 Å². The molecule has 5 aliphatic rings. The first-order chi connectivity index (χ1) is 28.9. The Balaban J connectivity index is 0.00000159. The Morgan fingerprint density at radius 3 is 2.15 bits per heavy atom. The molecule has 62 heavy (non-hydrogen) atoms. The molecule has 0 unspecified atom stereocenters. The number of carbonyl (C=O) groups excluding carboxylic acids is 3. The number of aliphatic hydroxyl groups is 4. The maximum atomic E-state index is 14.3. The summed E-state index contributed by atoms with van der Waals surface area (Å²) >= 11 is 0. The van der Waals surface area contributed by atoms with Crippen LogP contribution in [0.25, 0.3) is 0 Å². The lowest BCUT2D eigenvalue weighted by Gasteiger charge is -2.47. The van der Waals surface area contributed by atoms with Crippen LogP contribution in [0.15, 0.2) is 23.3 Å². The Morgan fingerprint density at radius 1 is 0.919 bits per heavy atom. The van der Waals surface area contributed by atoms with Crippen LogP contribution in [0.4, 0.5) is 0 Å². The summed E-state index contributed by atoms with van der Waals surface area (Å²) in [5, 5.41) is 51.5. The first-order valence-corrected chi connectivity index (χ1v) is 22.9. The van der Waals surface area contributed by atoms with E-state index in [0.717, 1.165) is 5.57 Å². The smallest absolute Gasteiger partial charge is 0.329 e. The minimum atomic E-state index is -2.49. The number of aliphatic hydroxyl groups excluding tert-OH is 3. The van der Waals surface area contributed by atoms with Gasteiger partial charge in [-0.3, -0.25) is 9.59 Å². The van der Waals surface area contributed by atoms with Crippen molar-refractivity contribution >= 4 is 23.4 Å². The van der Waals surface area contributed by atoms with Gasteiger partial charge in [0.15, 0.2) is 0 Å². The van der Waals surface area contributed by atoms with Crippen molar-refractivity contribution in [2.75, 3.05) is 34.5 Å². The molecule has 0 aromatic carbocycles. The predicted octanol–water partition coefficient (Wildman–Crippen LogP) is 5.95. The Labute approximate surface area is 371 Å². The summed E-state index contributed by atoms with van der Waals surface area (Å²) in [6.07, 6.45) is 7.22. The van der Waals surface area contributed by atoms with Crippen molar-refractivity contribution in [2.24, 2.45) is 35.5 Å². The van der Waals surface area contributed by atoms with Crippen molar-refractivity contribution in [1.29, 1.82) is 5.41 Å². The van der Waals surface area contributed by atoms with E-state index in [1.807, 2.05) is 26.8 Å². The summed E-state index contributed by atoms with van der Waals surface area (Å²) in [6.45, 7) is 12.0. The van der Waals surface area contributed by atoms with Crippen LogP contribution < -0.4 is 0 Å². The highest BCUT2D eigenvalue weighted by molar-refractivity contribution is 6.39. The quantitative estimate of drug-likeness (QED) is 0.114. The molecule has 14 nitrogen and oxygen atoms in total. The molecule has 3 aliphatic heterocycles. The fraction of sp³-hybridized carbons (Fsp3) is 0.833. The molecule has 14 atom stereocenters. The standard InChI is InChI=1S/C43H70N2O11.C4H8O.CH4/c1-10-30-18-24(2)17-25(3)19-36(53-8)39-37(54-9)21-27(5)43(51,56-39)40(48)41(49)45-16-12-11-13-32(45)42(50)55-38(28(6)34(47)23-31(30)44)26(4)20-29-14-15-33(46)35(22-29)52-7;5-3-4-1-2-4;/h18,20,25,27-30,32-39,44,46-47,51H,10-17,19,21-23H2,1-9H3;4-5H,1-3H2;1H4/b24-18+,26-20+,44-31?;;/t25-,27+,28+,29-,30+,32-,33+,34-,35+,36-,37-,38+,39+,43+;;/m0../s1. The number of fused-ring (bicyclic) bond motifs is 3. The third-order valence-corrected chi connectivity index (χ3v) is 13.9. The molecule has 4 fully saturated rings. The molecule has 2 saturated heterocycles. The number of amides is 1. The van der Waals surface area contributed by atoms with Gasteiger partial charge in [0.25, 0.3) is 11.7 Å². The van der Waals surface area contributed by atoms with E-state index < -0.39 is 77.9 Å². The monoisotopic (exact) mass is 879 g/mol. The number of rotatable bonds is 7. The zero-order valence-corrected chi connectivity index (χ0v) is 38.3. The van der Waals surface area contributed by atoms with Crippen LogP contribution in [-0.2, 0) is 38.1 Å². The Bertz CT molecular complexity index is 1530. The fourth-order valence-corrected chi connectivity index (χ4v) is 9.74. The second-order valence-corrected chi connectivity index (χ2v) is 18.8. The van der Waals surface area contributed by atoms with E-state index in [2.05, 4.69) is 13.0 Å². The molecule has 2 saturated carbocycles. The van der Waals surface area contributed by atoms with E-state index in [4.69, 9.17) is 34.2 Å². The number of esters is 1. The molecule has 14 heteroatoms. The van der Waals surface area contributed by atoms with Crippen LogP contribution in [0, 0.1) is 40.9 Å². The Hall–Kier alpha value is -2.56. The number of hydrogen-bond acceptors (Lipinski definition) is 13. The third kappa shape index (κ3) is 13.7. The molecular weight excluding hydrogens is 797 g/mol. The molecule has 0 radical (unpaired) electrons. The highest BCUT2D eigenvalue weighted by atomic mass is 16.7. The summed E-state index contributed by atoms with van der Waals surface area (Å²) in [4.78, 5) is 43.9. The summed E-state index contributed by atoms with van der Waals surface area (Å²) in [5.41, 5.74) is 2.16. The van der Waals surface area contributed by atoms with Crippen molar-refractivity contribution < 1.29 is 58.5 Å². The second kappa shape index (κ2) is 24.7. The molecule has 2 bridgehead atoms. The number of piperidine rings is 1. The van der Waals surface area contributed by atoms with E-state index in [-0.39, 0.29) is 57.1 Å². The minimum absolute atomic E-state index is 0. The van der Waals surface area contributed by atoms with Gasteiger partial charge in [0, 0.05) is 64.4 Å². The molecule has 0 spiro atoms. The number of Topliss-reactive ketones (excluding diaryl/α,β-unsaturated/α-hetero) is 1. The highest BCUT2D eigenvalue weighted by Gasteiger charge is 2.56. The predicted molar refractivity (Wildman–Crippen MR) is 237 cm³/mol. The van der Waals surface area contributed by atoms with Gasteiger partial charge in [0.05, 0.1) is 30.5 Å². The molecule has 356 valence electrons. The minimum Gasteiger partial charge on any atom is -0.456 e. The Kier molecular flexibility index (Phi) is 21.4. The summed E-state index contributed by atoms with van der Waals surface area (Å²) < 4.78 is 29.8. The number of carbonyl (C=O) groups is 3. The highest BCUT2D eigenvalue weighted by Crippen LogP contribution is 2.39. The molecule has 5 rings (SSSR count). The van der Waals surface area contributed by atoms with Crippen molar-refractivity contribution in [2.45, 2.75) is 187 Å². The number of methoxy groups -OCH3 is 3. The number of nitrogens with zero attached hydrogens (tertiary/aromatic N) is 1. The maximum Gasteiger partial charge on any atom is 0.329 e. The number of allylic oxidation sites excluding steroid dienone is 3. The van der Waals surface area contributed by atoms with E-state index >= 15 is 0 Å². The van der Waals surface area contributed by atoms with Gasteiger partial charge >= 0.3 is 5.97 Å². The van der Waals surface area contributed by atoms with Crippen LogP contribution in [0.2, 0.25) is 0 Å². The average molecular weight is 879 g/mol. The number of nitrogens with one attached hydrogen (secondary N) is 1. The largest absolute Gasteiger partial charge is 0.456 e. The zero-order chi connectivity index (χ0) is 45.2. The Morgan fingerprint density at radius 2 is 1.56 bits per heavy atom. The van der Waals surface area contributed by atoms with Gasteiger partial charge in [-0.15, -0.1) is 0 Å². The zero-order valence-electron chi connectivity index (χ0n) is 38.3. The van der Waals surface area contributed by atoms with Crippen molar-refractivity contribution in [1.82, 2.24) is 4.90 Å². The molecule has 5 N–H and O–H groups in total. The van der Waals surface area contributed by atoms with E-state index in [0.29, 0.717) is 75.2 Å². The maximum absolute atomic E-state index is 14.3. The van der Waals surface area contributed by atoms with Crippen LogP contribution in [0.3, 0.4) is 0 Å². The first kappa shape index (κ1) is 53.8. The van der Waals surface area contributed by atoms with Crippen molar-refractivity contribution in [3.05, 3.63) is 23.3 Å². The topological polar surface area (TPSA) is 205 Å². The van der Waals surface area contributed by atoms with E-state index in [1.54, 1.807) is 35.2 Å². The van der Waals surface area contributed by atoms with Crippen molar-refractivity contribution in [3.63, 3.8) is 0 Å². The number of hydrogen-bond donors (Lipinski definition) is 5. The van der Waals surface area contributed by atoms with Crippen LogP contribution in [0.1, 0.15) is 132 Å². The van der Waals surface area contributed by atoms with E-state index in [9.17, 15) is 29.7 Å². The molecule has 3 heterocycles. The van der Waals surface area contributed by atoms with Gasteiger partial charge in [-0.25, -0.2) is 4.79 Å². The number of ketones is 1. The van der Waals surface area contributed by atoms with Crippen LogP contribution in [-0.4, -0.2) is 138 Å². The van der Waals surface area contributed by atoms with Crippen molar-refractivity contribution in [3.8, 4) is 0 Å². The first-order valence-electron chi connectivity index (χ1n) is 22.9. The lowest BCUT2D eigenvalue weighted by Crippen LogP contribution is -2.64. The number of cyclic esters (lactones) is 1.